The van der Waals surface area contributed by atoms with E-state index in [0.29, 0.717) is 6.61 Å². The topological polar surface area (TPSA) is 39.9 Å². The molecule has 2 aromatic rings. The van der Waals surface area contributed by atoms with Gasteiger partial charge < -0.3 is 4.74 Å². The lowest BCUT2D eigenvalue weighted by atomic mass is 10.2. The van der Waals surface area contributed by atoms with E-state index in [9.17, 15) is 0 Å². The second kappa shape index (κ2) is 6.29. The maximum Gasteiger partial charge on any atom is 0.181 e. The number of halogens is 1. The zero-order valence-electron chi connectivity index (χ0n) is 10.5. The Morgan fingerprint density at radius 2 is 2.00 bits per heavy atom. The van der Waals surface area contributed by atoms with E-state index in [1.54, 1.807) is 6.33 Å². The smallest absolute Gasteiger partial charge is 0.181 e. The summed E-state index contributed by atoms with van der Waals surface area (Å²) in [5.41, 5.74) is 1.04. The molecule has 18 heavy (non-hydrogen) atoms. The van der Waals surface area contributed by atoms with Crippen molar-refractivity contribution in [2.45, 2.75) is 26.5 Å². The summed E-state index contributed by atoms with van der Waals surface area (Å²) in [6.45, 7) is 5.44. The van der Waals surface area contributed by atoms with Gasteiger partial charge in [-0.15, -0.1) is 0 Å². The van der Waals surface area contributed by atoms with E-state index >= 15 is 0 Å². The van der Waals surface area contributed by atoms with E-state index in [2.05, 4.69) is 44.8 Å². The average Bonchev–Trinajstić information content (AvgIpc) is 2.78. The molecule has 0 spiro atoms. The predicted molar refractivity (Wildman–Crippen MR) is 79.3 cm³/mol. The van der Waals surface area contributed by atoms with Crippen molar-refractivity contribution >= 4 is 22.6 Å². The number of hydrogen-bond donors (Lipinski definition) is 0. The van der Waals surface area contributed by atoms with Gasteiger partial charge in [0.05, 0.1) is 19.3 Å². The van der Waals surface area contributed by atoms with E-state index in [1.165, 1.54) is 3.57 Å². The highest BCUT2D eigenvalue weighted by Gasteiger charge is 2.04. The number of ether oxygens (including phenoxy) is 1. The van der Waals surface area contributed by atoms with E-state index in [4.69, 9.17) is 4.74 Å². The molecular weight excluding hydrogens is 341 g/mol. The Kier molecular flexibility index (Phi) is 4.71. The Morgan fingerprint density at radius 1 is 1.28 bits per heavy atom. The Morgan fingerprint density at radius 3 is 2.67 bits per heavy atom. The first-order valence-corrected chi connectivity index (χ1v) is 7.00. The summed E-state index contributed by atoms with van der Waals surface area (Å²) in [5.74, 6) is 0.760. The number of nitrogens with zero attached hydrogens (tertiary/aromatic N) is 3. The minimum Gasteiger partial charge on any atom is -0.377 e. The minimum atomic E-state index is 0.254. The SMILES string of the molecule is CC(C)OCCn1cnc(-c2ccc(I)cc2)n1. The summed E-state index contributed by atoms with van der Waals surface area (Å²) < 4.78 is 8.51. The Balaban J connectivity index is 1.99. The minimum absolute atomic E-state index is 0.254. The lowest BCUT2D eigenvalue weighted by molar-refractivity contribution is 0.0709. The van der Waals surface area contributed by atoms with Crippen molar-refractivity contribution in [3.05, 3.63) is 34.2 Å². The fourth-order valence-electron chi connectivity index (χ4n) is 1.52. The largest absolute Gasteiger partial charge is 0.377 e. The molecule has 0 amide bonds. The molecular formula is C13H16IN3O. The molecule has 0 bridgehead atoms. The Labute approximate surface area is 121 Å². The van der Waals surface area contributed by atoms with Crippen molar-refractivity contribution in [3.8, 4) is 11.4 Å². The predicted octanol–water partition coefficient (Wildman–Crippen LogP) is 2.97. The van der Waals surface area contributed by atoms with Gasteiger partial charge in [0.25, 0.3) is 0 Å². The molecule has 0 fully saturated rings. The van der Waals surface area contributed by atoms with Crippen LogP contribution in [0.2, 0.25) is 0 Å². The summed E-state index contributed by atoms with van der Waals surface area (Å²) in [7, 11) is 0. The molecule has 1 heterocycles. The van der Waals surface area contributed by atoms with Crippen LogP contribution in [0.3, 0.4) is 0 Å². The van der Waals surface area contributed by atoms with Crippen LogP contribution in [-0.2, 0) is 11.3 Å². The lowest BCUT2D eigenvalue weighted by Gasteiger charge is -2.06. The van der Waals surface area contributed by atoms with Gasteiger partial charge in [-0.05, 0) is 48.6 Å². The molecule has 0 aliphatic heterocycles. The average molecular weight is 357 g/mol. The molecule has 0 saturated heterocycles. The lowest BCUT2D eigenvalue weighted by Crippen LogP contribution is -2.10. The van der Waals surface area contributed by atoms with Gasteiger partial charge in [-0.2, -0.15) is 5.10 Å². The monoisotopic (exact) mass is 357 g/mol. The van der Waals surface area contributed by atoms with E-state index < -0.39 is 0 Å². The van der Waals surface area contributed by atoms with Gasteiger partial charge in [0.15, 0.2) is 5.82 Å². The molecule has 96 valence electrons. The van der Waals surface area contributed by atoms with Crippen LogP contribution in [0.5, 0.6) is 0 Å². The van der Waals surface area contributed by atoms with Gasteiger partial charge in [0.1, 0.15) is 6.33 Å². The molecule has 0 unspecified atom stereocenters. The second-order valence-corrected chi connectivity index (χ2v) is 5.50. The van der Waals surface area contributed by atoms with E-state index in [1.807, 2.05) is 30.7 Å². The zero-order chi connectivity index (χ0) is 13.0. The molecule has 1 aromatic heterocycles. The number of rotatable bonds is 5. The van der Waals surface area contributed by atoms with Gasteiger partial charge in [0.2, 0.25) is 0 Å². The molecule has 2 rings (SSSR count). The van der Waals surface area contributed by atoms with Gasteiger partial charge >= 0.3 is 0 Å². The summed E-state index contributed by atoms with van der Waals surface area (Å²) in [5, 5.41) is 4.43. The summed E-state index contributed by atoms with van der Waals surface area (Å²) >= 11 is 2.28. The molecule has 5 heteroatoms. The number of benzene rings is 1. The normalized spacial score (nSPS) is 11.1. The second-order valence-electron chi connectivity index (χ2n) is 4.26. The van der Waals surface area contributed by atoms with Crippen LogP contribution in [0.4, 0.5) is 0 Å². The summed E-state index contributed by atoms with van der Waals surface area (Å²) in [6, 6.07) is 8.18. The van der Waals surface area contributed by atoms with Crippen LogP contribution < -0.4 is 0 Å². The Bertz CT molecular complexity index is 493. The first-order chi connectivity index (χ1) is 8.65. The third-order valence-electron chi connectivity index (χ3n) is 2.41. The fourth-order valence-corrected chi connectivity index (χ4v) is 1.88. The van der Waals surface area contributed by atoms with Crippen molar-refractivity contribution in [3.63, 3.8) is 0 Å². The van der Waals surface area contributed by atoms with Crippen LogP contribution >= 0.6 is 22.6 Å². The zero-order valence-corrected chi connectivity index (χ0v) is 12.7. The van der Waals surface area contributed by atoms with Crippen molar-refractivity contribution in [2.75, 3.05) is 6.61 Å². The number of aromatic nitrogens is 3. The highest BCUT2D eigenvalue weighted by molar-refractivity contribution is 14.1. The third-order valence-corrected chi connectivity index (χ3v) is 3.13. The van der Waals surface area contributed by atoms with Crippen molar-refractivity contribution < 1.29 is 4.74 Å². The van der Waals surface area contributed by atoms with Gasteiger partial charge in [-0.1, -0.05) is 12.1 Å². The van der Waals surface area contributed by atoms with Gasteiger partial charge in [-0.3, -0.25) is 4.68 Å². The molecule has 1 aromatic carbocycles. The highest BCUT2D eigenvalue weighted by Crippen LogP contribution is 2.15. The van der Waals surface area contributed by atoms with Gasteiger partial charge in [-0.25, -0.2) is 4.98 Å². The van der Waals surface area contributed by atoms with E-state index in [-0.39, 0.29) is 6.10 Å². The number of hydrogen-bond acceptors (Lipinski definition) is 3. The maximum atomic E-state index is 5.49. The summed E-state index contributed by atoms with van der Waals surface area (Å²) in [6.07, 6.45) is 2.00. The standard InChI is InChI=1S/C13H16IN3O/c1-10(2)18-8-7-17-9-15-13(16-17)11-3-5-12(14)6-4-11/h3-6,9-10H,7-8H2,1-2H3. The van der Waals surface area contributed by atoms with Crippen molar-refractivity contribution in [2.24, 2.45) is 0 Å². The maximum absolute atomic E-state index is 5.49. The van der Waals surface area contributed by atoms with Crippen LogP contribution in [0.15, 0.2) is 30.6 Å². The van der Waals surface area contributed by atoms with Crippen molar-refractivity contribution in [1.29, 1.82) is 0 Å². The molecule has 0 radical (unpaired) electrons. The molecule has 0 atom stereocenters. The van der Waals surface area contributed by atoms with Crippen LogP contribution in [0.1, 0.15) is 13.8 Å². The third kappa shape index (κ3) is 3.78. The summed E-state index contributed by atoms with van der Waals surface area (Å²) in [4.78, 5) is 4.31. The van der Waals surface area contributed by atoms with Gasteiger partial charge in [0, 0.05) is 9.13 Å². The fraction of sp³-hybridized carbons (Fsp3) is 0.385. The Hall–Kier alpha value is -0.950. The molecule has 0 N–H and O–H groups in total. The van der Waals surface area contributed by atoms with Crippen LogP contribution in [0.25, 0.3) is 11.4 Å². The van der Waals surface area contributed by atoms with E-state index in [0.717, 1.165) is 17.9 Å². The van der Waals surface area contributed by atoms with Crippen LogP contribution in [0, 0.1) is 3.57 Å². The highest BCUT2D eigenvalue weighted by atomic mass is 127. The van der Waals surface area contributed by atoms with Crippen molar-refractivity contribution in [1.82, 2.24) is 14.8 Å². The first kappa shape index (κ1) is 13.5. The molecule has 0 saturated carbocycles. The molecule has 0 aliphatic carbocycles. The molecule has 4 nitrogen and oxygen atoms in total. The molecule has 0 aliphatic rings. The quantitative estimate of drug-likeness (QED) is 0.773. The first-order valence-electron chi connectivity index (χ1n) is 5.92. The van der Waals surface area contributed by atoms with Crippen LogP contribution in [-0.4, -0.2) is 27.5 Å².